The summed E-state index contributed by atoms with van der Waals surface area (Å²) < 4.78 is 17.9. The molecule has 0 radical (unpaired) electrons. The fraction of sp³-hybridized carbons (Fsp3) is 0.308. The van der Waals surface area contributed by atoms with E-state index in [1.54, 1.807) is 13.1 Å². The monoisotopic (exact) mass is 555 g/mol. The molecule has 38 heavy (non-hydrogen) atoms. The Morgan fingerprint density at radius 2 is 1.82 bits per heavy atom. The predicted molar refractivity (Wildman–Crippen MR) is 152 cm³/mol. The van der Waals surface area contributed by atoms with E-state index in [9.17, 15) is 14.0 Å². The van der Waals surface area contributed by atoms with Gasteiger partial charge >= 0.3 is 5.69 Å². The molecule has 1 saturated heterocycles. The summed E-state index contributed by atoms with van der Waals surface area (Å²) in [6.07, 6.45) is 0. The van der Waals surface area contributed by atoms with Crippen molar-refractivity contribution in [3.63, 3.8) is 0 Å². The number of rotatable bonds is 4. The van der Waals surface area contributed by atoms with Crippen LogP contribution in [0.5, 0.6) is 0 Å². The molecule has 4 aromatic rings. The molecule has 1 N–H and O–H groups in total. The SMILES string of the molecule is Cc1cccc(Cn2c(N3CCN(C(=S)Nc4ccc(F)c(Cl)c4)CC3)nc3c2c(=O)n(C)c(=O)n3C)c1. The van der Waals surface area contributed by atoms with E-state index in [0.717, 1.165) is 15.7 Å². The van der Waals surface area contributed by atoms with Gasteiger partial charge in [-0.3, -0.25) is 18.5 Å². The molecule has 0 aliphatic carbocycles. The zero-order valence-electron chi connectivity index (χ0n) is 21.2. The minimum Gasteiger partial charge on any atom is -0.345 e. The summed E-state index contributed by atoms with van der Waals surface area (Å²) in [6.45, 7) is 4.85. The fourth-order valence-corrected chi connectivity index (χ4v) is 5.19. The van der Waals surface area contributed by atoms with E-state index in [1.807, 2.05) is 34.6 Å². The molecule has 0 spiro atoms. The number of piperazine rings is 1. The Kier molecular flexibility index (Phi) is 6.97. The number of aryl methyl sites for hydroxylation is 2. The van der Waals surface area contributed by atoms with Crippen molar-refractivity contribution in [1.82, 2.24) is 23.6 Å². The quantitative estimate of drug-likeness (QED) is 0.388. The number of fused-ring (bicyclic) bond motifs is 1. The summed E-state index contributed by atoms with van der Waals surface area (Å²) in [5.41, 5.74) is 2.70. The minimum atomic E-state index is -0.488. The largest absolute Gasteiger partial charge is 0.345 e. The van der Waals surface area contributed by atoms with Crippen LogP contribution in [0.2, 0.25) is 5.02 Å². The second-order valence-electron chi connectivity index (χ2n) is 9.40. The highest BCUT2D eigenvalue weighted by molar-refractivity contribution is 7.80. The first-order chi connectivity index (χ1) is 18.1. The van der Waals surface area contributed by atoms with Gasteiger partial charge in [-0.1, -0.05) is 41.4 Å². The second-order valence-corrected chi connectivity index (χ2v) is 10.2. The standard InChI is InChI=1S/C26H27ClFN7O2S/c1-16-5-4-6-17(13-16)15-35-21-22(31(2)26(37)32(3)23(21)36)30-24(35)33-9-11-34(12-10-33)25(38)29-18-7-8-20(28)19(27)14-18/h4-8,13-14H,9-12,15H2,1-3H3,(H,29,38). The average molecular weight is 556 g/mol. The maximum atomic E-state index is 13.5. The van der Waals surface area contributed by atoms with Crippen LogP contribution in [-0.4, -0.2) is 54.9 Å². The third-order valence-corrected chi connectivity index (χ3v) is 7.42. The van der Waals surface area contributed by atoms with Crippen LogP contribution in [0.15, 0.2) is 52.1 Å². The van der Waals surface area contributed by atoms with Gasteiger partial charge in [0.2, 0.25) is 5.95 Å². The maximum absolute atomic E-state index is 13.5. The molecule has 3 heterocycles. The number of benzene rings is 2. The molecule has 2 aromatic carbocycles. The molecule has 9 nitrogen and oxygen atoms in total. The van der Waals surface area contributed by atoms with Crippen molar-refractivity contribution < 1.29 is 4.39 Å². The van der Waals surface area contributed by atoms with Gasteiger partial charge in [-0.05, 0) is 42.9 Å². The van der Waals surface area contributed by atoms with E-state index in [1.165, 1.54) is 23.7 Å². The van der Waals surface area contributed by atoms with Crippen molar-refractivity contribution in [2.45, 2.75) is 13.5 Å². The number of nitrogens with zero attached hydrogens (tertiary/aromatic N) is 6. The number of hydrogen-bond donors (Lipinski definition) is 1. The van der Waals surface area contributed by atoms with Crippen LogP contribution < -0.4 is 21.5 Å². The number of hydrogen-bond acceptors (Lipinski definition) is 5. The van der Waals surface area contributed by atoms with Crippen molar-refractivity contribution >= 4 is 51.7 Å². The number of imidazole rings is 1. The highest BCUT2D eigenvalue weighted by atomic mass is 35.5. The molecular formula is C26H27ClFN7O2S. The Morgan fingerprint density at radius 3 is 2.50 bits per heavy atom. The van der Waals surface area contributed by atoms with E-state index >= 15 is 0 Å². The van der Waals surface area contributed by atoms with Gasteiger partial charge in [0, 0.05) is 46.0 Å². The van der Waals surface area contributed by atoms with Gasteiger partial charge < -0.3 is 15.1 Å². The lowest BCUT2D eigenvalue weighted by Gasteiger charge is -2.36. The van der Waals surface area contributed by atoms with Crippen molar-refractivity contribution in [3.05, 3.63) is 85.3 Å². The summed E-state index contributed by atoms with van der Waals surface area (Å²) in [5, 5.41) is 3.65. The van der Waals surface area contributed by atoms with E-state index < -0.39 is 11.5 Å². The third-order valence-electron chi connectivity index (χ3n) is 6.77. The van der Waals surface area contributed by atoms with Crippen LogP contribution in [0.3, 0.4) is 0 Å². The molecule has 0 amide bonds. The van der Waals surface area contributed by atoms with Crippen molar-refractivity contribution in [3.8, 4) is 0 Å². The Bertz CT molecular complexity index is 1670. The Balaban J connectivity index is 1.44. The summed E-state index contributed by atoms with van der Waals surface area (Å²) >= 11 is 11.5. The molecule has 1 aliphatic heterocycles. The molecule has 0 unspecified atom stereocenters. The molecule has 12 heteroatoms. The molecule has 0 atom stereocenters. The van der Waals surface area contributed by atoms with Gasteiger partial charge in [-0.25, -0.2) is 9.18 Å². The van der Waals surface area contributed by atoms with Crippen LogP contribution in [0.4, 0.5) is 16.0 Å². The molecular weight excluding hydrogens is 529 g/mol. The Labute approximate surface area is 228 Å². The van der Waals surface area contributed by atoms with Gasteiger partial charge in [-0.15, -0.1) is 0 Å². The lowest BCUT2D eigenvalue weighted by atomic mass is 10.1. The highest BCUT2D eigenvalue weighted by Crippen LogP contribution is 2.24. The maximum Gasteiger partial charge on any atom is 0.332 e. The predicted octanol–water partition coefficient (Wildman–Crippen LogP) is 3.10. The number of halogens is 2. The van der Waals surface area contributed by atoms with Crippen LogP contribution >= 0.6 is 23.8 Å². The minimum absolute atomic E-state index is 0.0238. The van der Waals surface area contributed by atoms with Crippen LogP contribution in [0.25, 0.3) is 11.2 Å². The van der Waals surface area contributed by atoms with E-state index in [4.69, 9.17) is 28.8 Å². The number of thiocarbonyl (C=S) groups is 1. The highest BCUT2D eigenvalue weighted by Gasteiger charge is 2.26. The molecule has 0 saturated carbocycles. The van der Waals surface area contributed by atoms with Crippen molar-refractivity contribution in [2.75, 3.05) is 36.4 Å². The number of aromatic nitrogens is 4. The summed E-state index contributed by atoms with van der Waals surface area (Å²) in [6, 6.07) is 12.5. The summed E-state index contributed by atoms with van der Waals surface area (Å²) in [5.74, 6) is 0.140. The number of nitrogens with one attached hydrogen (secondary N) is 1. The molecule has 1 aliphatic rings. The topological polar surface area (TPSA) is 80.3 Å². The molecule has 0 bridgehead atoms. The first-order valence-corrected chi connectivity index (χ1v) is 12.9. The first kappa shape index (κ1) is 25.9. The van der Waals surface area contributed by atoms with Gasteiger partial charge in [-0.2, -0.15) is 4.98 Å². The smallest absolute Gasteiger partial charge is 0.332 e. The zero-order valence-corrected chi connectivity index (χ0v) is 22.8. The van der Waals surface area contributed by atoms with E-state index in [2.05, 4.69) is 16.3 Å². The van der Waals surface area contributed by atoms with Gasteiger partial charge in [0.05, 0.1) is 11.6 Å². The lowest BCUT2D eigenvalue weighted by Crippen LogP contribution is -2.50. The van der Waals surface area contributed by atoms with Crippen molar-refractivity contribution in [1.29, 1.82) is 0 Å². The fourth-order valence-electron chi connectivity index (χ4n) is 4.71. The zero-order chi connectivity index (χ0) is 27.1. The van der Waals surface area contributed by atoms with Gasteiger partial charge in [0.1, 0.15) is 5.82 Å². The average Bonchev–Trinajstić information content (AvgIpc) is 3.27. The lowest BCUT2D eigenvalue weighted by molar-refractivity contribution is 0.386. The second kappa shape index (κ2) is 10.2. The summed E-state index contributed by atoms with van der Waals surface area (Å²) in [4.78, 5) is 34.8. The van der Waals surface area contributed by atoms with Crippen LogP contribution in [-0.2, 0) is 20.6 Å². The normalized spacial score (nSPS) is 13.8. The van der Waals surface area contributed by atoms with Crippen LogP contribution in [0, 0.1) is 12.7 Å². The van der Waals surface area contributed by atoms with Gasteiger partial charge in [0.25, 0.3) is 5.56 Å². The first-order valence-electron chi connectivity index (χ1n) is 12.1. The molecule has 5 rings (SSSR count). The molecule has 2 aromatic heterocycles. The third kappa shape index (κ3) is 4.79. The Hall–Kier alpha value is -3.70. The molecule has 1 fully saturated rings. The molecule has 198 valence electrons. The van der Waals surface area contributed by atoms with E-state index in [0.29, 0.717) is 60.6 Å². The number of anilines is 2. The Morgan fingerprint density at radius 1 is 1.08 bits per heavy atom. The van der Waals surface area contributed by atoms with Crippen molar-refractivity contribution in [2.24, 2.45) is 14.1 Å². The van der Waals surface area contributed by atoms with Crippen LogP contribution in [0.1, 0.15) is 11.1 Å². The summed E-state index contributed by atoms with van der Waals surface area (Å²) in [7, 11) is 3.11. The van der Waals surface area contributed by atoms with E-state index in [-0.39, 0.29) is 10.6 Å². The van der Waals surface area contributed by atoms with Gasteiger partial charge in [0.15, 0.2) is 16.3 Å².